The van der Waals surface area contributed by atoms with E-state index in [1.165, 1.54) is 19.3 Å². The molecule has 0 aromatic rings. The van der Waals surface area contributed by atoms with E-state index in [4.69, 9.17) is 5.73 Å². The fourth-order valence-electron chi connectivity index (χ4n) is 2.77. The molecule has 0 aliphatic carbocycles. The molecule has 0 radical (unpaired) electrons. The number of hydrogen-bond donors (Lipinski definition) is 2. The number of hydrogen-bond acceptors (Lipinski definition) is 2. The van der Waals surface area contributed by atoms with Crippen LogP contribution in [0.1, 0.15) is 66.2 Å². The molecule has 17 heavy (non-hydrogen) atoms. The van der Waals surface area contributed by atoms with Gasteiger partial charge in [0.05, 0.1) is 0 Å². The van der Waals surface area contributed by atoms with Gasteiger partial charge in [-0.1, -0.05) is 19.8 Å². The summed E-state index contributed by atoms with van der Waals surface area (Å²) >= 11 is 0. The molecule has 0 bridgehead atoms. The van der Waals surface area contributed by atoms with Gasteiger partial charge in [-0.25, -0.2) is 5.21 Å². The summed E-state index contributed by atoms with van der Waals surface area (Å²) in [4.78, 5) is 0. The van der Waals surface area contributed by atoms with E-state index < -0.39 is 0 Å². The van der Waals surface area contributed by atoms with Crippen LogP contribution in [-0.2, 0) is 0 Å². The molecule has 0 fully saturated rings. The monoisotopic (exact) mass is 245 g/mol. The average Bonchev–Trinajstić information content (AvgIpc) is 2.35. The van der Waals surface area contributed by atoms with Gasteiger partial charge in [0.25, 0.3) is 0 Å². The Morgan fingerprint density at radius 1 is 1.00 bits per heavy atom. The van der Waals surface area contributed by atoms with Crippen LogP contribution in [0.15, 0.2) is 0 Å². The average molecular weight is 245 g/mol. The molecule has 3 N–H and O–H groups in total. The van der Waals surface area contributed by atoms with Crippen LogP contribution in [0.4, 0.5) is 0 Å². The summed E-state index contributed by atoms with van der Waals surface area (Å²) in [5, 5.41) is 10.8. The van der Waals surface area contributed by atoms with Crippen molar-refractivity contribution in [2.45, 2.75) is 71.8 Å². The second-order valence-corrected chi connectivity index (χ2v) is 5.40. The van der Waals surface area contributed by atoms with Gasteiger partial charge in [0, 0.05) is 12.8 Å². The minimum absolute atomic E-state index is 0.0297. The summed E-state index contributed by atoms with van der Waals surface area (Å²) in [5.74, 6) is 0. The molecule has 0 saturated heterocycles. The Balaban J connectivity index is 4.67. The number of nitrogens with zero attached hydrogens (tertiary/aromatic N) is 1. The van der Waals surface area contributed by atoms with Crippen LogP contribution in [0, 0.1) is 0 Å². The van der Waals surface area contributed by atoms with Crippen LogP contribution >= 0.6 is 0 Å². The standard InChI is InChI=1S/C14H33N2O/c1-5-8-9-11-14(4,12-10-13-15)16(17,6-2)7-3/h17H,5-13,15H2,1-4H3/q+1. The third-order valence-electron chi connectivity index (χ3n) is 4.29. The summed E-state index contributed by atoms with van der Waals surface area (Å²) in [6, 6.07) is 0. The molecule has 0 aromatic heterocycles. The van der Waals surface area contributed by atoms with Gasteiger partial charge in [-0.05, 0) is 40.2 Å². The predicted octanol–water partition coefficient (Wildman–Crippen LogP) is 3.31. The first-order valence-electron chi connectivity index (χ1n) is 7.29. The van der Waals surface area contributed by atoms with Crippen LogP contribution < -0.4 is 5.73 Å². The van der Waals surface area contributed by atoms with Gasteiger partial charge in [0.1, 0.15) is 18.6 Å². The maximum atomic E-state index is 10.8. The van der Waals surface area contributed by atoms with E-state index in [2.05, 4.69) is 27.7 Å². The zero-order valence-electron chi connectivity index (χ0n) is 12.3. The third kappa shape index (κ3) is 4.57. The third-order valence-corrected chi connectivity index (χ3v) is 4.29. The van der Waals surface area contributed by atoms with Crippen molar-refractivity contribution in [2.24, 2.45) is 5.73 Å². The molecular weight excluding hydrogens is 212 g/mol. The van der Waals surface area contributed by atoms with Gasteiger partial charge >= 0.3 is 0 Å². The fraction of sp³-hybridized carbons (Fsp3) is 1.00. The maximum Gasteiger partial charge on any atom is 0.126 e. The lowest BCUT2D eigenvalue weighted by Crippen LogP contribution is -2.60. The molecule has 1 atom stereocenters. The van der Waals surface area contributed by atoms with E-state index in [1.807, 2.05) is 0 Å². The normalized spacial score (nSPS) is 15.9. The highest BCUT2D eigenvalue weighted by Gasteiger charge is 2.43. The molecular formula is C14H33N2O+. The molecule has 3 heteroatoms. The van der Waals surface area contributed by atoms with E-state index in [-0.39, 0.29) is 10.2 Å². The van der Waals surface area contributed by atoms with Crippen LogP contribution in [-0.4, -0.2) is 35.0 Å². The number of rotatable bonds is 10. The van der Waals surface area contributed by atoms with Gasteiger partial charge in [-0.15, -0.1) is 0 Å². The maximum absolute atomic E-state index is 10.8. The Bertz CT molecular complexity index is 193. The number of unbranched alkanes of at least 4 members (excludes halogenated alkanes) is 2. The first kappa shape index (κ1) is 16.9. The molecule has 0 aliphatic heterocycles. The van der Waals surface area contributed by atoms with Gasteiger partial charge in [0.15, 0.2) is 0 Å². The molecule has 0 rings (SSSR count). The van der Waals surface area contributed by atoms with Gasteiger partial charge in [0.2, 0.25) is 0 Å². The topological polar surface area (TPSA) is 46.2 Å². The van der Waals surface area contributed by atoms with Crippen LogP contribution in [0.2, 0.25) is 0 Å². The molecule has 1 unspecified atom stereocenters. The smallest absolute Gasteiger partial charge is 0.126 e. The Labute approximate surface area is 108 Å². The predicted molar refractivity (Wildman–Crippen MR) is 74.0 cm³/mol. The minimum atomic E-state index is -0.0297. The van der Waals surface area contributed by atoms with E-state index in [9.17, 15) is 5.21 Å². The van der Waals surface area contributed by atoms with E-state index in [0.29, 0.717) is 0 Å². The number of hydroxylamine groups is 3. The van der Waals surface area contributed by atoms with Crippen LogP contribution in [0.3, 0.4) is 0 Å². The SMILES string of the molecule is CCCCCC(C)(CCCN)[N+](O)(CC)CC. The van der Waals surface area contributed by atoms with Crippen molar-refractivity contribution in [1.29, 1.82) is 0 Å². The lowest BCUT2D eigenvalue weighted by atomic mass is 9.86. The molecule has 0 saturated carbocycles. The molecule has 0 aliphatic rings. The van der Waals surface area contributed by atoms with Gasteiger partial charge in [-0.3, -0.25) is 0 Å². The van der Waals surface area contributed by atoms with Crippen molar-refractivity contribution < 1.29 is 9.85 Å². The van der Waals surface area contributed by atoms with Crippen LogP contribution in [0.5, 0.6) is 0 Å². The highest BCUT2D eigenvalue weighted by molar-refractivity contribution is 4.75. The highest BCUT2D eigenvalue weighted by Crippen LogP contribution is 2.32. The quantitative estimate of drug-likeness (QED) is 0.352. The highest BCUT2D eigenvalue weighted by atomic mass is 16.5. The van der Waals surface area contributed by atoms with Gasteiger partial charge < -0.3 is 5.73 Å². The second-order valence-electron chi connectivity index (χ2n) is 5.40. The fourth-order valence-corrected chi connectivity index (χ4v) is 2.77. The van der Waals surface area contributed by atoms with E-state index in [0.717, 1.165) is 38.9 Å². The first-order valence-corrected chi connectivity index (χ1v) is 7.29. The Hall–Kier alpha value is -0.120. The van der Waals surface area contributed by atoms with Crippen LogP contribution in [0.25, 0.3) is 0 Å². The molecule has 0 amide bonds. The molecule has 0 spiro atoms. The lowest BCUT2D eigenvalue weighted by molar-refractivity contribution is -1.14. The van der Waals surface area contributed by atoms with Crippen molar-refractivity contribution in [2.75, 3.05) is 19.6 Å². The van der Waals surface area contributed by atoms with Crippen molar-refractivity contribution in [3.63, 3.8) is 0 Å². The lowest BCUT2D eigenvalue weighted by Gasteiger charge is -2.45. The molecule has 104 valence electrons. The summed E-state index contributed by atoms with van der Waals surface area (Å²) < 4.78 is 0.191. The zero-order valence-corrected chi connectivity index (χ0v) is 12.3. The molecule has 0 aromatic carbocycles. The van der Waals surface area contributed by atoms with Crippen molar-refractivity contribution in [1.82, 2.24) is 0 Å². The largest absolute Gasteiger partial charge is 0.330 e. The Morgan fingerprint density at radius 2 is 1.53 bits per heavy atom. The zero-order chi connectivity index (χ0) is 13.4. The summed E-state index contributed by atoms with van der Waals surface area (Å²) in [5.41, 5.74) is 5.60. The van der Waals surface area contributed by atoms with Crippen molar-refractivity contribution in [3.05, 3.63) is 0 Å². The van der Waals surface area contributed by atoms with Gasteiger partial charge in [-0.2, -0.15) is 4.65 Å². The number of quaternary nitrogens is 1. The van der Waals surface area contributed by atoms with E-state index >= 15 is 0 Å². The molecule has 3 nitrogen and oxygen atoms in total. The van der Waals surface area contributed by atoms with E-state index in [1.54, 1.807) is 0 Å². The Kier molecular flexibility index (Phi) is 8.01. The van der Waals surface area contributed by atoms with Crippen molar-refractivity contribution >= 4 is 0 Å². The van der Waals surface area contributed by atoms with Crippen molar-refractivity contribution in [3.8, 4) is 0 Å². The number of nitrogens with two attached hydrogens (primary N) is 1. The summed E-state index contributed by atoms with van der Waals surface area (Å²) in [6.07, 6.45) is 6.81. The minimum Gasteiger partial charge on any atom is -0.330 e. The second kappa shape index (κ2) is 8.06. The Morgan fingerprint density at radius 3 is 1.94 bits per heavy atom. The molecule has 0 heterocycles. The summed E-state index contributed by atoms with van der Waals surface area (Å²) in [7, 11) is 0. The summed E-state index contributed by atoms with van der Waals surface area (Å²) in [6.45, 7) is 10.9. The first-order chi connectivity index (χ1) is 7.99.